The van der Waals surface area contributed by atoms with Gasteiger partial charge in [-0.15, -0.1) is 0 Å². The second kappa shape index (κ2) is 7.04. The Morgan fingerprint density at radius 3 is 2.75 bits per heavy atom. The van der Waals surface area contributed by atoms with E-state index in [1.807, 2.05) is 0 Å². The smallest absolute Gasteiger partial charge is 0.257 e. The van der Waals surface area contributed by atoms with Crippen LogP contribution in [-0.2, 0) is 4.74 Å². The number of hydrogen-bond acceptors (Lipinski definition) is 3. The van der Waals surface area contributed by atoms with E-state index in [9.17, 15) is 18.0 Å². The Labute approximate surface area is 136 Å². The monoisotopic (exact) mass is 339 g/mol. The molecule has 128 valence electrons. The van der Waals surface area contributed by atoms with Gasteiger partial charge >= 0.3 is 0 Å². The number of benzene rings is 1. The van der Waals surface area contributed by atoms with Crippen molar-refractivity contribution in [1.82, 2.24) is 15.5 Å². The van der Waals surface area contributed by atoms with E-state index in [0.29, 0.717) is 18.7 Å². The molecular weight excluding hydrogens is 323 g/mol. The summed E-state index contributed by atoms with van der Waals surface area (Å²) in [6, 6.07) is 0.964. The zero-order chi connectivity index (χ0) is 17.1. The Kier molecular flexibility index (Phi) is 4.84. The van der Waals surface area contributed by atoms with Gasteiger partial charge in [-0.25, -0.2) is 13.2 Å². The summed E-state index contributed by atoms with van der Waals surface area (Å²) >= 11 is 0. The lowest BCUT2D eigenvalue weighted by Crippen LogP contribution is -2.35. The van der Waals surface area contributed by atoms with Crippen LogP contribution in [0.15, 0.2) is 24.5 Å². The molecule has 0 spiro atoms. The summed E-state index contributed by atoms with van der Waals surface area (Å²) in [6.45, 7) is 0.784. The van der Waals surface area contributed by atoms with Crippen molar-refractivity contribution in [2.75, 3.05) is 13.2 Å². The fourth-order valence-electron chi connectivity index (χ4n) is 2.91. The molecule has 5 nitrogen and oxygen atoms in total. The standard InChI is InChI=1S/C16H16F3N3O2/c17-11-4-12(18)14(13(19)5-11)16(23)20-6-9-2-1-3-24-15(9)10-7-21-22-8-10/h4-5,7-9,15H,1-3,6H2,(H,20,23)(H,21,22)/t9-,15+/m0/s1. The Balaban J connectivity index is 1.69. The normalized spacial score (nSPS) is 20.8. The van der Waals surface area contributed by atoms with Gasteiger partial charge in [0.1, 0.15) is 23.0 Å². The number of rotatable bonds is 4. The first-order valence-electron chi connectivity index (χ1n) is 7.59. The third-order valence-corrected chi connectivity index (χ3v) is 4.05. The number of nitrogens with zero attached hydrogens (tertiary/aromatic N) is 1. The number of carbonyl (C=O) groups is 1. The molecule has 1 aliphatic heterocycles. The summed E-state index contributed by atoms with van der Waals surface area (Å²) in [7, 11) is 0. The van der Waals surface area contributed by atoms with E-state index >= 15 is 0 Å². The molecule has 2 heterocycles. The van der Waals surface area contributed by atoms with Crippen LogP contribution in [0.4, 0.5) is 13.2 Å². The summed E-state index contributed by atoms with van der Waals surface area (Å²) in [5.41, 5.74) is 0.0704. The van der Waals surface area contributed by atoms with Crippen molar-refractivity contribution in [2.24, 2.45) is 5.92 Å². The first-order chi connectivity index (χ1) is 11.6. The van der Waals surface area contributed by atoms with Gasteiger partial charge in [0.15, 0.2) is 0 Å². The maximum atomic E-state index is 13.6. The van der Waals surface area contributed by atoms with Crippen molar-refractivity contribution in [3.8, 4) is 0 Å². The molecule has 2 N–H and O–H groups in total. The minimum Gasteiger partial charge on any atom is -0.373 e. The topological polar surface area (TPSA) is 67.0 Å². The van der Waals surface area contributed by atoms with Crippen LogP contribution >= 0.6 is 0 Å². The summed E-state index contributed by atoms with van der Waals surface area (Å²) in [4.78, 5) is 12.1. The van der Waals surface area contributed by atoms with Gasteiger partial charge in [0.05, 0.1) is 12.3 Å². The van der Waals surface area contributed by atoms with Gasteiger partial charge in [-0.3, -0.25) is 9.89 Å². The average Bonchev–Trinajstić information content (AvgIpc) is 3.06. The molecule has 0 unspecified atom stereocenters. The predicted octanol–water partition coefficient (Wildman–Crippen LogP) is 2.72. The highest BCUT2D eigenvalue weighted by Crippen LogP contribution is 2.32. The van der Waals surface area contributed by atoms with Gasteiger partial charge in [0.25, 0.3) is 5.91 Å². The van der Waals surface area contributed by atoms with Gasteiger partial charge in [0, 0.05) is 43.0 Å². The van der Waals surface area contributed by atoms with Crippen LogP contribution in [0.2, 0.25) is 0 Å². The van der Waals surface area contributed by atoms with E-state index in [1.54, 1.807) is 12.4 Å². The average molecular weight is 339 g/mol. The second-order valence-electron chi connectivity index (χ2n) is 5.68. The van der Waals surface area contributed by atoms with E-state index in [-0.39, 0.29) is 18.6 Å². The van der Waals surface area contributed by atoms with Gasteiger partial charge in [-0.1, -0.05) is 0 Å². The van der Waals surface area contributed by atoms with Crippen molar-refractivity contribution in [3.63, 3.8) is 0 Å². The van der Waals surface area contributed by atoms with Gasteiger partial charge in [-0.05, 0) is 12.8 Å². The predicted molar refractivity (Wildman–Crippen MR) is 78.7 cm³/mol. The van der Waals surface area contributed by atoms with Crippen LogP contribution in [0, 0.1) is 23.4 Å². The van der Waals surface area contributed by atoms with E-state index in [1.165, 1.54) is 0 Å². The molecule has 1 aliphatic rings. The molecule has 24 heavy (non-hydrogen) atoms. The van der Waals surface area contributed by atoms with Crippen LogP contribution < -0.4 is 5.32 Å². The zero-order valence-electron chi connectivity index (χ0n) is 12.7. The third-order valence-electron chi connectivity index (χ3n) is 4.05. The number of halogens is 3. The fraction of sp³-hybridized carbons (Fsp3) is 0.375. The van der Waals surface area contributed by atoms with Crippen molar-refractivity contribution in [2.45, 2.75) is 18.9 Å². The molecule has 1 amide bonds. The quantitative estimate of drug-likeness (QED) is 0.900. The Bertz CT molecular complexity index is 698. The van der Waals surface area contributed by atoms with E-state index in [0.717, 1.165) is 18.4 Å². The molecular formula is C16H16F3N3O2. The van der Waals surface area contributed by atoms with Crippen molar-refractivity contribution in [3.05, 3.63) is 53.1 Å². The number of aromatic amines is 1. The van der Waals surface area contributed by atoms with Crippen molar-refractivity contribution >= 4 is 5.91 Å². The molecule has 0 aliphatic carbocycles. The number of carbonyl (C=O) groups excluding carboxylic acids is 1. The molecule has 1 fully saturated rings. The molecule has 1 aromatic carbocycles. The maximum absolute atomic E-state index is 13.6. The highest BCUT2D eigenvalue weighted by atomic mass is 19.1. The van der Waals surface area contributed by atoms with Crippen LogP contribution in [0.5, 0.6) is 0 Å². The van der Waals surface area contributed by atoms with Crippen molar-refractivity contribution < 1.29 is 22.7 Å². The highest BCUT2D eigenvalue weighted by Gasteiger charge is 2.29. The van der Waals surface area contributed by atoms with Crippen LogP contribution in [0.25, 0.3) is 0 Å². The summed E-state index contributed by atoms with van der Waals surface area (Å²) in [5.74, 6) is -4.48. The largest absolute Gasteiger partial charge is 0.373 e. The molecule has 2 atom stereocenters. The highest BCUT2D eigenvalue weighted by molar-refractivity contribution is 5.94. The number of nitrogens with one attached hydrogen (secondary N) is 2. The SMILES string of the molecule is O=C(NC[C@@H]1CCCO[C@H]1c1cn[nH]c1)c1c(F)cc(F)cc1F. The third kappa shape index (κ3) is 3.43. The molecule has 0 radical (unpaired) electrons. The number of aromatic nitrogens is 2. The molecule has 8 heteroatoms. The maximum Gasteiger partial charge on any atom is 0.257 e. The summed E-state index contributed by atoms with van der Waals surface area (Å²) in [5, 5.41) is 9.10. The number of amides is 1. The molecule has 1 aromatic heterocycles. The van der Waals surface area contributed by atoms with Crippen LogP contribution in [0.3, 0.4) is 0 Å². The molecule has 2 aromatic rings. The number of hydrogen-bond donors (Lipinski definition) is 2. The van der Waals surface area contributed by atoms with Crippen molar-refractivity contribution in [1.29, 1.82) is 0 Å². The van der Waals surface area contributed by atoms with Crippen LogP contribution in [0.1, 0.15) is 34.9 Å². The lowest BCUT2D eigenvalue weighted by molar-refractivity contribution is -0.0272. The summed E-state index contributed by atoms with van der Waals surface area (Å²) in [6.07, 6.45) is 4.73. The minimum absolute atomic E-state index is 0.0492. The molecule has 0 saturated carbocycles. The van der Waals surface area contributed by atoms with Crippen LogP contribution in [-0.4, -0.2) is 29.3 Å². The Morgan fingerprint density at radius 2 is 2.08 bits per heavy atom. The summed E-state index contributed by atoms with van der Waals surface area (Å²) < 4.78 is 45.9. The van der Waals surface area contributed by atoms with Gasteiger partial charge in [0.2, 0.25) is 0 Å². The molecule has 3 rings (SSSR count). The fourth-order valence-corrected chi connectivity index (χ4v) is 2.91. The number of H-pyrrole nitrogens is 1. The Hall–Kier alpha value is -2.35. The lowest BCUT2D eigenvalue weighted by atomic mass is 9.91. The first-order valence-corrected chi connectivity index (χ1v) is 7.59. The second-order valence-corrected chi connectivity index (χ2v) is 5.68. The van der Waals surface area contributed by atoms with Gasteiger partial charge < -0.3 is 10.1 Å². The minimum atomic E-state index is -1.23. The van der Waals surface area contributed by atoms with E-state index in [4.69, 9.17) is 4.74 Å². The lowest BCUT2D eigenvalue weighted by Gasteiger charge is -2.31. The van der Waals surface area contributed by atoms with E-state index < -0.39 is 28.9 Å². The zero-order valence-corrected chi connectivity index (χ0v) is 12.7. The molecule has 1 saturated heterocycles. The Morgan fingerprint density at radius 1 is 1.33 bits per heavy atom. The molecule has 0 bridgehead atoms. The number of ether oxygens (including phenoxy) is 1. The van der Waals surface area contributed by atoms with E-state index in [2.05, 4.69) is 15.5 Å². The first kappa shape index (κ1) is 16.5. The van der Waals surface area contributed by atoms with Gasteiger partial charge in [-0.2, -0.15) is 5.10 Å².